The van der Waals surface area contributed by atoms with Crippen molar-refractivity contribution in [1.29, 1.82) is 0 Å². The smallest absolute Gasteiger partial charge is 0.406 e. The van der Waals surface area contributed by atoms with Crippen molar-refractivity contribution >= 4 is 40.6 Å². The second kappa shape index (κ2) is 9.96. The van der Waals surface area contributed by atoms with Gasteiger partial charge in [0.25, 0.3) is 5.91 Å². The number of ether oxygens (including phenoxy) is 1. The van der Waals surface area contributed by atoms with Crippen molar-refractivity contribution in [3.8, 4) is 5.75 Å². The minimum absolute atomic E-state index is 0.290. The van der Waals surface area contributed by atoms with E-state index in [1.807, 2.05) is 0 Å². The summed E-state index contributed by atoms with van der Waals surface area (Å²) in [5.41, 5.74) is 2.57. The number of carbonyl (C=O) groups is 2. The molecule has 3 aromatic rings. The summed E-state index contributed by atoms with van der Waals surface area (Å²) >= 11 is 1.10. The molecule has 0 aliphatic heterocycles. The highest BCUT2D eigenvalue weighted by molar-refractivity contribution is 7.12. The first-order valence-electron chi connectivity index (χ1n) is 9.01. The summed E-state index contributed by atoms with van der Waals surface area (Å²) in [6, 6.07) is 7.79. The number of amides is 3. The molecule has 0 unspecified atom stereocenters. The Bertz CT molecular complexity index is 1090. The summed E-state index contributed by atoms with van der Waals surface area (Å²) in [4.78, 5) is 32.4. The zero-order valence-electron chi connectivity index (χ0n) is 16.5. The standard InChI is InChI=1S/C19H17F3N6O3S/c1-23-18(30)28-14-8-11(6-7-24-14)9-25-16-15(32-10-26-16)17(29)27-12-2-4-13(5-3-12)31-19(20,21)22/h2-8,10,25H,9H2,1H3,(H,27,29)(H2,23,24,28,30). The van der Waals surface area contributed by atoms with Gasteiger partial charge in [-0.3, -0.25) is 10.1 Å². The fourth-order valence-corrected chi connectivity index (χ4v) is 3.14. The minimum atomic E-state index is -4.79. The van der Waals surface area contributed by atoms with Crippen molar-refractivity contribution in [3.05, 3.63) is 58.5 Å². The van der Waals surface area contributed by atoms with Crippen molar-refractivity contribution in [2.45, 2.75) is 12.9 Å². The maximum atomic E-state index is 12.6. The third-order valence-electron chi connectivity index (χ3n) is 3.87. The van der Waals surface area contributed by atoms with Gasteiger partial charge >= 0.3 is 12.4 Å². The molecule has 3 rings (SSSR count). The molecule has 2 heterocycles. The quantitative estimate of drug-likeness (QED) is 0.417. The van der Waals surface area contributed by atoms with Crippen molar-refractivity contribution in [3.63, 3.8) is 0 Å². The molecule has 9 nitrogen and oxygen atoms in total. The number of halogens is 3. The molecule has 0 atom stereocenters. The van der Waals surface area contributed by atoms with Gasteiger partial charge in [0.1, 0.15) is 22.3 Å². The van der Waals surface area contributed by atoms with Gasteiger partial charge < -0.3 is 20.7 Å². The summed E-state index contributed by atoms with van der Waals surface area (Å²) in [6.45, 7) is 0.304. The highest BCUT2D eigenvalue weighted by Crippen LogP contribution is 2.25. The number of benzene rings is 1. The number of thiazole rings is 1. The number of pyridine rings is 1. The number of nitrogens with one attached hydrogen (secondary N) is 4. The van der Waals surface area contributed by atoms with E-state index in [-0.39, 0.29) is 0 Å². The highest BCUT2D eigenvalue weighted by Gasteiger charge is 2.31. The first-order valence-corrected chi connectivity index (χ1v) is 9.89. The van der Waals surface area contributed by atoms with Gasteiger partial charge in [0.05, 0.1) is 5.51 Å². The molecule has 0 saturated heterocycles. The van der Waals surface area contributed by atoms with Crippen LogP contribution in [0.4, 0.5) is 35.3 Å². The Labute approximate surface area is 184 Å². The van der Waals surface area contributed by atoms with Crippen LogP contribution in [0.15, 0.2) is 48.1 Å². The van der Waals surface area contributed by atoms with Gasteiger partial charge in [0.15, 0.2) is 0 Å². The third kappa shape index (κ3) is 6.57. The Morgan fingerprint density at radius 2 is 1.84 bits per heavy atom. The largest absolute Gasteiger partial charge is 0.573 e. The lowest BCUT2D eigenvalue weighted by atomic mass is 10.2. The Balaban J connectivity index is 1.61. The number of carbonyl (C=O) groups excluding carboxylic acids is 2. The van der Waals surface area contributed by atoms with Gasteiger partial charge in [-0.2, -0.15) is 0 Å². The van der Waals surface area contributed by atoms with E-state index in [1.54, 1.807) is 12.1 Å². The van der Waals surface area contributed by atoms with Crippen LogP contribution in [0, 0.1) is 0 Å². The Hall–Kier alpha value is -3.87. The van der Waals surface area contributed by atoms with Crippen LogP contribution in [-0.4, -0.2) is 35.3 Å². The normalized spacial score (nSPS) is 10.9. The van der Waals surface area contributed by atoms with E-state index >= 15 is 0 Å². The molecular weight excluding hydrogens is 449 g/mol. The Morgan fingerprint density at radius 3 is 2.53 bits per heavy atom. The monoisotopic (exact) mass is 466 g/mol. The first kappa shape index (κ1) is 22.8. The molecule has 32 heavy (non-hydrogen) atoms. The topological polar surface area (TPSA) is 117 Å². The fraction of sp³-hybridized carbons (Fsp3) is 0.158. The van der Waals surface area contributed by atoms with Crippen molar-refractivity contribution in [2.75, 3.05) is 23.0 Å². The molecular formula is C19H17F3N6O3S. The molecule has 3 amide bonds. The van der Waals surface area contributed by atoms with Crippen molar-refractivity contribution in [2.24, 2.45) is 0 Å². The second-order valence-corrected chi connectivity index (χ2v) is 7.02. The molecule has 0 bridgehead atoms. The number of aromatic nitrogens is 2. The third-order valence-corrected chi connectivity index (χ3v) is 4.70. The second-order valence-electron chi connectivity index (χ2n) is 6.16. The van der Waals surface area contributed by atoms with E-state index < -0.39 is 24.1 Å². The number of rotatable bonds is 7. The summed E-state index contributed by atoms with van der Waals surface area (Å²) in [7, 11) is 1.49. The van der Waals surface area contributed by atoms with E-state index in [1.165, 1.54) is 30.9 Å². The van der Waals surface area contributed by atoms with Gasteiger partial charge in [-0.15, -0.1) is 24.5 Å². The van der Waals surface area contributed by atoms with Gasteiger partial charge in [0, 0.05) is 25.5 Å². The molecule has 1 aromatic carbocycles. The lowest BCUT2D eigenvalue weighted by Crippen LogP contribution is -2.25. The average molecular weight is 466 g/mol. The molecule has 0 fully saturated rings. The summed E-state index contributed by atoms with van der Waals surface area (Å²) in [6.07, 6.45) is -3.26. The van der Waals surface area contributed by atoms with E-state index in [0.717, 1.165) is 29.0 Å². The van der Waals surface area contributed by atoms with E-state index in [9.17, 15) is 22.8 Å². The lowest BCUT2D eigenvalue weighted by Gasteiger charge is -2.10. The van der Waals surface area contributed by atoms with Gasteiger partial charge in [-0.1, -0.05) is 0 Å². The van der Waals surface area contributed by atoms with E-state index in [0.29, 0.717) is 28.7 Å². The van der Waals surface area contributed by atoms with Gasteiger partial charge in [-0.05, 0) is 42.0 Å². The molecule has 0 radical (unpaired) electrons. The van der Waals surface area contributed by atoms with Crippen molar-refractivity contribution < 1.29 is 27.5 Å². The van der Waals surface area contributed by atoms with Crippen molar-refractivity contribution in [1.82, 2.24) is 15.3 Å². The highest BCUT2D eigenvalue weighted by atomic mass is 32.1. The number of anilines is 3. The zero-order valence-corrected chi connectivity index (χ0v) is 17.3. The van der Waals surface area contributed by atoms with Gasteiger partial charge in [0.2, 0.25) is 0 Å². The number of urea groups is 1. The maximum absolute atomic E-state index is 12.6. The number of alkyl halides is 3. The number of hydrogen-bond donors (Lipinski definition) is 4. The fourth-order valence-electron chi connectivity index (χ4n) is 2.48. The summed E-state index contributed by atoms with van der Waals surface area (Å²) in [5, 5.41) is 10.6. The minimum Gasteiger partial charge on any atom is -0.406 e. The first-order chi connectivity index (χ1) is 15.2. The van der Waals surface area contributed by atoms with Crippen LogP contribution >= 0.6 is 11.3 Å². The Morgan fingerprint density at radius 1 is 1.09 bits per heavy atom. The molecule has 168 valence electrons. The predicted molar refractivity (Wildman–Crippen MR) is 113 cm³/mol. The van der Waals surface area contributed by atoms with Gasteiger partial charge in [-0.25, -0.2) is 14.8 Å². The molecule has 0 aliphatic carbocycles. The van der Waals surface area contributed by atoms with Crippen LogP contribution in [0.2, 0.25) is 0 Å². The molecule has 2 aromatic heterocycles. The predicted octanol–water partition coefficient (Wildman–Crippen LogP) is 4.05. The molecule has 13 heteroatoms. The zero-order chi connectivity index (χ0) is 23.1. The maximum Gasteiger partial charge on any atom is 0.573 e. The molecule has 0 aliphatic rings. The van der Waals surface area contributed by atoms with Crippen LogP contribution < -0.4 is 26.0 Å². The lowest BCUT2D eigenvalue weighted by molar-refractivity contribution is -0.274. The summed E-state index contributed by atoms with van der Waals surface area (Å²) in [5.74, 6) is -0.172. The van der Waals surface area contributed by atoms with Crippen LogP contribution in [0.3, 0.4) is 0 Å². The van der Waals surface area contributed by atoms with Crippen LogP contribution in [0.25, 0.3) is 0 Å². The molecule has 0 spiro atoms. The van der Waals surface area contributed by atoms with Crippen LogP contribution in [-0.2, 0) is 6.54 Å². The van der Waals surface area contributed by atoms with E-state index in [2.05, 4.69) is 36.0 Å². The SMILES string of the molecule is CNC(=O)Nc1cc(CNc2ncsc2C(=O)Nc2ccc(OC(F)(F)F)cc2)ccn1. The average Bonchev–Trinajstić information content (AvgIpc) is 3.21. The Kier molecular flexibility index (Phi) is 7.10. The summed E-state index contributed by atoms with van der Waals surface area (Å²) < 4.78 is 40.5. The van der Waals surface area contributed by atoms with Crippen LogP contribution in [0.1, 0.15) is 15.2 Å². The molecule has 4 N–H and O–H groups in total. The molecule has 0 saturated carbocycles. The van der Waals surface area contributed by atoms with Crippen LogP contribution in [0.5, 0.6) is 5.75 Å². The van der Waals surface area contributed by atoms with E-state index in [4.69, 9.17) is 0 Å². The number of nitrogens with zero attached hydrogens (tertiary/aromatic N) is 2. The number of hydrogen-bond acceptors (Lipinski definition) is 7.